The Hall–Kier alpha value is -8.20. The third kappa shape index (κ3) is 4.57. The average molecular weight is 799 g/mol. The largest absolute Gasteiger partial charge is 0.310 e. The van der Waals surface area contributed by atoms with E-state index in [9.17, 15) is 0 Å². The van der Waals surface area contributed by atoms with E-state index in [0.717, 1.165) is 22.7 Å². The van der Waals surface area contributed by atoms with Crippen LogP contribution in [0.15, 0.2) is 231 Å². The van der Waals surface area contributed by atoms with Crippen LogP contribution in [0.25, 0.3) is 82.1 Å². The van der Waals surface area contributed by atoms with Crippen molar-refractivity contribution in [3.8, 4) is 27.9 Å². The first kappa shape index (κ1) is 34.5. The maximum Gasteiger partial charge on any atom is 0.0726 e. The van der Waals surface area contributed by atoms with Crippen LogP contribution >= 0.6 is 0 Å². The van der Waals surface area contributed by atoms with Gasteiger partial charge in [0.25, 0.3) is 0 Å². The van der Waals surface area contributed by atoms with E-state index < -0.39 is 5.41 Å². The quantitative estimate of drug-likeness (QED) is 0.161. The van der Waals surface area contributed by atoms with Crippen LogP contribution in [0.1, 0.15) is 22.3 Å². The van der Waals surface area contributed by atoms with Gasteiger partial charge in [0.2, 0.25) is 0 Å². The lowest BCUT2D eigenvalue weighted by atomic mass is 9.70. The fourth-order valence-corrected chi connectivity index (χ4v) is 11.7. The molecule has 1 heterocycles. The topological polar surface area (TPSA) is 8.17 Å². The number of aromatic nitrogens is 1. The minimum absolute atomic E-state index is 0.452. The number of para-hydroxylation sites is 2. The van der Waals surface area contributed by atoms with E-state index in [0.29, 0.717) is 0 Å². The molecule has 63 heavy (non-hydrogen) atoms. The van der Waals surface area contributed by atoms with Crippen molar-refractivity contribution in [2.45, 2.75) is 5.41 Å². The summed E-state index contributed by atoms with van der Waals surface area (Å²) in [5, 5.41) is 10.0. The Morgan fingerprint density at radius 3 is 1.43 bits per heavy atom. The Balaban J connectivity index is 1.10. The molecule has 0 aliphatic heterocycles. The van der Waals surface area contributed by atoms with Gasteiger partial charge in [0.1, 0.15) is 0 Å². The third-order valence-corrected chi connectivity index (χ3v) is 14.2. The van der Waals surface area contributed by atoms with E-state index in [1.165, 1.54) is 98.6 Å². The highest BCUT2D eigenvalue weighted by molar-refractivity contribution is 6.26. The number of anilines is 3. The lowest BCUT2D eigenvalue weighted by Crippen LogP contribution is -2.26. The van der Waals surface area contributed by atoms with E-state index in [1.807, 2.05) is 0 Å². The van der Waals surface area contributed by atoms with Crippen LogP contribution in [0.3, 0.4) is 0 Å². The molecular formula is C61H38N2. The summed E-state index contributed by atoms with van der Waals surface area (Å²) in [5.74, 6) is 0. The van der Waals surface area contributed by atoms with Gasteiger partial charge in [-0.25, -0.2) is 0 Å². The molecule has 0 N–H and O–H groups in total. The predicted octanol–water partition coefficient (Wildman–Crippen LogP) is 16.1. The summed E-state index contributed by atoms with van der Waals surface area (Å²) in [4.78, 5) is 2.54. The summed E-state index contributed by atoms with van der Waals surface area (Å²) < 4.78 is 2.40. The normalized spacial score (nSPS) is 13.2. The van der Waals surface area contributed by atoms with E-state index in [2.05, 4.69) is 240 Å². The third-order valence-electron chi connectivity index (χ3n) is 14.2. The summed E-state index contributed by atoms with van der Waals surface area (Å²) >= 11 is 0. The standard InChI is InChI=1S/C61H38N2/c1-2-17-39(18-3-1)63-57-31-15-11-25-49(57)52-38-41(34-36-58(52)63)62(40-33-35-46-44-21-5-4-19-42(44)43-20-6-7-22-45(43)51(46)37-40)59-32-16-30-56-60(59)50-26-10-14-29-55(50)61(56)53-27-12-8-23-47(53)48-24-9-13-28-54(48)61/h1-38H. The van der Waals surface area contributed by atoms with Crippen molar-refractivity contribution in [3.05, 3.63) is 253 Å². The molecule has 1 aromatic heterocycles. The maximum absolute atomic E-state index is 2.54. The number of hydrogen-bond acceptors (Lipinski definition) is 1. The van der Waals surface area contributed by atoms with Crippen LogP contribution in [0, 0.1) is 0 Å². The molecule has 0 atom stereocenters. The van der Waals surface area contributed by atoms with Crippen molar-refractivity contribution in [3.63, 3.8) is 0 Å². The first-order valence-corrected chi connectivity index (χ1v) is 21.9. The van der Waals surface area contributed by atoms with Gasteiger partial charge >= 0.3 is 0 Å². The van der Waals surface area contributed by atoms with Gasteiger partial charge in [-0.15, -0.1) is 0 Å². The molecule has 2 heteroatoms. The van der Waals surface area contributed by atoms with E-state index in [-0.39, 0.29) is 0 Å². The Labute approximate surface area is 365 Å². The number of hydrogen-bond donors (Lipinski definition) is 0. The zero-order valence-corrected chi connectivity index (χ0v) is 34.3. The molecular weight excluding hydrogens is 761 g/mol. The maximum atomic E-state index is 2.54. The molecule has 0 saturated carbocycles. The van der Waals surface area contributed by atoms with Crippen LogP contribution < -0.4 is 4.90 Å². The summed E-state index contributed by atoms with van der Waals surface area (Å²) in [6.45, 7) is 0. The van der Waals surface area contributed by atoms with Gasteiger partial charge in [-0.1, -0.05) is 176 Å². The Kier molecular flexibility index (Phi) is 7.07. The van der Waals surface area contributed by atoms with Crippen LogP contribution in [0.4, 0.5) is 17.1 Å². The van der Waals surface area contributed by atoms with Gasteiger partial charge in [-0.3, -0.25) is 0 Å². The summed E-state index contributed by atoms with van der Waals surface area (Å²) in [6, 6.07) is 85.9. The molecule has 0 bridgehead atoms. The Bertz CT molecular complexity index is 3790. The highest BCUT2D eigenvalue weighted by Gasteiger charge is 2.52. The minimum Gasteiger partial charge on any atom is -0.310 e. The predicted molar refractivity (Wildman–Crippen MR) is 264 cm³/mol. The number of benzene rings is 11. The molecule has 0 radical (unpaired) electrons. The van der Waals surface area contributed by atoms with Gasteiger partial charge in [-0.05, 0) is 126 Å². The lowest BCUT2D eigenvalue weighted by Gasteiger charge is -2.32. The molecule has 0 amide bonds. The molecule has 2 aliphatic rings. The van der Waals surface area contributed by atoms with Gasteiger partial charge < -0.3 is 9.47 Å². The highest BCUT2D eigenvalue weighted by Crippen LogP contribution is 2.64. The molecule has 14 rings (SSSR count). The van der Waals surface area contributed by atoms with Crippen molar-refractivity contribution < 1.29 is 0 Å². The van der Waals surface area contributed by atoms with Crippen LogP contribution in [-0.4, -0.2) is 4.57 Å². The second-order valence-electron chi connectivity index (χ2n) is 17.1. The molecule has 0 saturated heterocycles. The number of rotatable bonds is 4. The van der Waals surface area contributed by atoms with Crippen LogP contribution in [-0.2, 0) is 5.41 Å². The summed E-state index contributed by atoms with van der Waals surface area (Å²) in [7, 11) is 0. The van der Waals surface area contributed by atoms with Gasteiger partial charge in [0.05, 0.1) is 22.1 Å². The summed E-state index contributed by atoms with van der Waals surface area (Å²) in [5.41, 5.74) is 17.0. The van der Waals surface area contributed by atoms with Gasteiger partial charge in [0.15, 0.2) is 0 Å². The molecule has 1 spiro atoms. The monoisotopic (exact) mass is 798 g/mol. The first-order chi connectivity index (χ1) is 31.3. The zero-order chi connectivity index (χ0) is 41.2. The van der Waals surface area contributed by atoms with E-state index in [1.54, 1.807) is 0 Å². The molecule has 12 aromatic rings. The zero-order valence-electron chi connectivity index (χ0n) is 34.3. The average Bonchev–Trinajstić information content (AvgIpc) is 3.96. The molecule has 0 unspecified atom stereocenters. The number of nitrogens with zero attached hydrogens (tertiary/aromatic N) is 2. The SMILES string of the molecule is c1ccc(-n2c3ccccc3c3cc(N(c4ccc5c6ccccc6c6ccccc6c5c4)c4cccc5c4-c4ccccc4C54c5ccccc5-c5ccccc54)ccc32)cc1. The molecule has 0 fully saturated rings. The smallest absolute Gasteiger partial charge is 0.0726 e. The lowest BCUT2D eigenvalue weighted by molar-refractivity contribution is 0.794. The molecule has 11 aromatic carbocycles. The van der Waals surface area contributed by atoms with Crippen molar-refractivity contribution >= 4 is 71.2 Å². The number of fused-ring (bicyclic) bond motifs is 19. The molecule has 2 nitrogen and oxygen atoms in total. The van der Waals surface area contributed by atoms with Crippen molar-refractivity contribution in [1.29, 1.82) is 0 Å². The van der Waals surface area contributed by atoms with Crippen molar-refractivity contribution in [2.24, 2.45) is 0 Å². The highest BCUT2D eigenvalue weighted by atomic mass is 15.1. The van der Waals surface area contributed by atoms with Crippen LogP contribution in [0.2, 0.25) is 0 Å². The second kappa shape index (κ2) is 12.9. The Morgan fingerprint density at radius 2 is 0.762 bits per heavy atom. The van der Waals surface area contributed by atoms with E-state index >= 15 is 0 Å². The van der Waals surface area contributed by atoms with E-state index in [4.69, 9.17) is 0 Å². The van der Waals surface area contributed by atoms with Crippen LogP contribution in [0.5, 0.6) is 0 Å². The summed E-state index contributed by atoms with van der Waals surface area (Å²) in [6.07, 6.45) is 0. The molecule has 2 aliphatic carbocycles. The minimum atomic E-state index is -0.452. The van der Waals surface area contributed by atoms with Crippen molar-refractivity contribution in [2.75, 3.05) is 4.90 Å². The fraction of sp³-hybridized carbons (Fsp3) is 0.0164. The second-order valence-corrected chi connectivity index (χ2v) is 17.1. The molecule has 292 valence electrons. The fourth-order valence-electron chi connectivity index (χ4n) is 11.7. The van der Waals surface area contributed by atoms with Crippen molar-refractivity contribution in [1.82, 2.24) is 4.57 Å². The van der Waals surface area contributed by atoms with Gasteiger partial charge in [0, 0.05) is 33.4 Å². The first-order valence-electron chi connectivity index (χ1n) is 21.9. The van der Waals surface area contributed by atoms with Gasteiger partial charge in [-0.2, -0.15) is 0 Å². The Morgan fingerprint density at radius 1 is 0.302 bits per heavy atom.